The average Bonchev–Trinajstić information content (AvgIpc) is 2.09. The molecule has 0 saturated heterocycles. The van der Waals surface area contributed by atoms with E-state index >= 15 is 0 Å². The van der Waals surface area contributed by atoms with Gasteiger partial charge in [0.25, 0.3) is 0 Å². The van der Waals surface area contributed by atoms with Crippen LogP contribution in [0, 0.1) is 6.92 Å². The van der Waals surface area contributed by atoms with E-state index in [1.54, 1.807) is 6.92 Å². The van der Waals surface area contributed by atoms with Gasteiger partial charge in [0.15, 0.2) is 5.78 Å². The minimum Gasteiger partial charge on any atom is -0.435 e. The largest absolute Gasteiger partial charge is 0.435 e. The van der Waals surface area contributed by atoms with E-state index < -0.39 is 6.61 Å². The van der Waals surface area contributed by atoms with E-state index in [-0.39, 0.29) is 17.1 Å². The Morgan fingerprint density at radius 1 is 1.47 bits per heavy atom. The molecule has 5 heteroatoms. The van der Waals surface area contributed by atoms with Crippen molar-refractivity contribution in [1.82, 2.24) is 0 Å². The number of alkyl halides is 2. The second kappa shape index (κ2) is 4.25. The van der Waals surface area contributed by atoms with Crippen LogP contribution in [0.2, 0.25) is 0 Å². The van der Waals surface area contributed by atoms with Gasteiger partial charge >= 0.3 is 6.61 Å². The molecule has 1 aromatic carbocycles. The maximum Gasteiger partial charge on any atom is 0.387 e. The maximum absolute atomic E-state index is 11.9. The highest BCUT2D eigenvalue weighted by Gasteiger charge is 2.12. The molecule has 0 aliphatic carbocycles. The molecule has 0 spiro atoms. The van der Waals surface area contributed by atoms with Crippen LogP contribution in [0.3, 0.4) is 0 Å². The van der Waals surface area contributed by atoms with E-state index in [2.05, 4.69) is 4.74 Å². The summed E-state index contributed by atoms with van der Waals surface area (Å²) in [6.45, 7) is 0.0324. The fourth-order valence-electron chi connectivity index (χ4n) is 1.23. The van der Waals surface area contributed by atoms with Gasteiger partial charge in [0.1, 0.15) is 5.75 Å². The number of carbonyl (C=O) groups excluding carboxylic acids is 1. The van der Waals surface area contributed by atoms with Crippen LogP contribution in [0.5, 0.6) is 5.75 Å². The lowest BCUT2D eigenvalue weighted by Crippen LogP contribution is -2.06. The summed E-state index contributed by atoms with van der Waals surface area (Å²) >= 11 is 0. The van der Waals surface area contributed by atoms with Crippen molar-refractivity contribution in [2.45, 2.75) is 20.5 Å². The number of rotatable bonds is 3. The molecule has 0 aliphatic rings. The van der Waals surface area contributed by atoms with Crippen molar-refractivity contribution >= 4 is 11.5 Å². The van der Waals surface area contributed by atoms with Crippen molar-refractivity contribution in [2.75, 3.05) is 5.73 Å². The summed E-state index contributed by atoms with van der Waals surface area (Å²) in [5.74, 6) is -0.336. The maximum atomic E-state index is 11.9. The fourth-order valence-corrected chi connectivity index (χ4v) is 1.23. The molecule has 15 heavy (non-hydrogen) atoms. The van der Waals surface area contributed by atoms with Gasteiger partial charge in [-0.2, -0.15) is 8.78 Å². The molecule has 0 atom stereocenters. The number of nitrogens with two attached hydrogens (primary N) is 1. The number of aryl methyl sites for hydroxylation is 1. The third-order valence-corrected chi connectivity index (χ3v) is 1.96. The third kappa shape index (κ3) is 2.65. The predicted octanol–water partition coefficient (Wildman–Crippen LogP) is 2.38. The predicted molar refractivity (Wildman–Crippen MR) is 52.2 cm³/mol. The van der Waals surface area contributed by atoms with Crippen LogP contribution < -0.4 is 10.5 Å². The molecule has 0 radical (unpaired) electrons. The van der Waals surface area contributed by atoms with E-state index in [1.165, 1.54) is 19.1 Å². The number of ether oxygens (including phenoxy) is 1. The second-order valence-corrected chi connectivity index (χ2v) is 3.14. The summed E-state index contributed by atoms with van der Waals surface area (Å²) in [6.07, 6.45) is 0. The van der Waals surface area contributed by atoms with Crippen molar-refractivity contribution in [3.05, 3.63) is 23.3 Å². The molecule has 0 heterocycles. The average molecular weight is 215 g/mol. The third-order valence-electron chi connectivity index (χ3n) is 1.96. The molecular formula is C10H11F2NO2. The van der Waals surface area contributed by atoms with Crippen molar-refractivity contribution < 1.29 is 18.3 Å². The van der Waals surface area contributed by atoms with Gasteiger partial charge in [-0.3, -0.25) is 4.79 Å². The minimum atomic E-state index is -2.91. The van der Waals surface area contributed by atoms with Gasteiger partial charge < -0.3 is 10.5 Å². The van der Waals surface area contributed by atoms with Crippen LogP contribution in [0.15, 0.2) is 12.1 Å². The number of anilines is 1. The highest BCUT2D eigenvalue weighted by atomic mass is 19.3. The molecule has 82 valence electrons. The van der Waals surface area contributed by atoms with Crippen molar-refractivity contribution in [2.24, 2.45) is 0 Å². The Morgan fingerprint density at radius 3 is 2.53 bits per heavy atom. The van der Waals surface area contributed by atoms with Crippen molar-refractivity contribution in [3.63, 3.8) is 0 Å². The van der Waals surface area contributed by atoms with Crippen LogP contribution in [-0.4, -0.2) is 12.4 Å². The number of halogens is 2. The van der Waals surface area contributed by atoms with Crippen molar-refractivity contribution in [1.29, 1.82) is 0 Å². The SMILES string of the molecule is CC(=O)c1cc(OC(F)F)cc(C)c1N. The Balaban J connectivity index is 3.17. The topological polar surface area (TPSA) is 52.3 Å². The molecule has 0 saturated carbocycles. The van der Waals surface area contributed by atoms with E-state index in [0.29, 0.717) is 11.3 Å². The summed E-state index contributed by atoms with van der Waals surface area (Å²) < 4.78 is 28.1. The minimum absolute atomic E-state index is 0.0538. The van der Waals surface area contributed by atoms with E-state index in [1.807, 2.05) is 0 Å². The molecule has 0 unspecified atom stereocenters. The molecule has 1 rings (SSSR count). The zero-order valence-electron chi connectivity index (χ0n) is 8.38. The van der Waals surface area contributed by atoms with Gasteiger partial charge in [0.05, 0.1) is 0 Å². The van der Waals surface area contributed by atoms with Crippen LogP contribution in [-0.2, 0) is 0 Å². The number of benzene rings is 1. The van der Waals surface area contributed by atoms with Crippen LogP contribution in [0.4, 0.5) is 14.5 Å². The molecule has 0 bridgehead atoms. The van der Waals surface area contributed by atoms with Gasteiger partial charge in [-0.1, -0.05) is 0 Å². The lowest BCUT2D eigenvalue weighted by Gasteiger charge is -2.10. The Bertz CT molecular complexity index is 391. The summed E-state index contributed by atoms with van der Waals surface area (Å²) in [5, 5.41) is 0. The molecule has 3 nitrogen and oxygen atoms in total. The number of ketones is 1. The van der Waals surface area contributed by atoms with Gasteiger partial charge in [-0.25, -0.2) is 0 Å². The van der Waals surface area contributed by atoms with E-state index in [0.717, 1.165) is 0 Å². The number of hydrogen-bond acceptors (Lipinski definition) is 3. The molecule has 0 aliphatic heterocycles. The summed E-state index contributed by atoms with van der Waals surface area (Å²) in [6, 6.07) is 2.59. The van der Waals surface area contributed by atoms with Gasteiger partial charge in [-0.05, 0) is 31.5 Å². The van der Waals surface area contributed by atoms with Gasteiger partial charge in [0, 0.05) is 11.3 Å². The van der Waals surface area contributed by atoms with Gasteiger partial charge in [0.2, 0.25) is 0 Å². The van der Waals surface area contributed by atoms with Crippen molar-refractivity contribution in [3.8, 4) is 5.75 Å². The zero-order valence-corrected chi connectivity index (χ0v) is 8.38. The standard InChI is InChI=1S/C10H11F2NO2/c1-5-3-7(15-10(11)12)4-8(6(2)14)9(5)13/h3-4,10H,13H2,1-2H3. The smallest absolute Gasteiger partial charge is 0.387 e. The Kier molecular flexibility index (Phi) is 3.24. The van der Waals surface area contributed by atoms with E-state index in [9.17, 15) is 13.6 Å². The Hall–Kier alpha value is -1.65. The number of hydrogen-bond donors (Lipinski definition) is 1. The lowest BCUT2D eigenvalue weighted by molar-refractivity contribution is -0.0499. The first kappa shape index (κ1) is 11.4. The molecule has 0 amide bonds. The van der Waals surface area contributed by atoms with Crippen LogP contribution >= 0.6 is 0 Å². The number of Topliss-reactive ketones (excluding diaryl/α,β-unsaturated/α-hetero) is 1. The summed E-state index contributed by atoms with van der Waals surface area (Å²) in [7, 11) is 0. The molecule has 0 aromatic heterocycles. The normalized spacial score (nSPS) is 10.5. The fraction of sp³-hybridized carbons (Fsp3) is 0.300. The number of nitrogen functional groups attached to an aromatic ring is 1. The highest BCUT2D eigenvalue weighted by molar-refractivity contribution is 6.00. The highest BCUT2D eigenvalue weighted by Crippen LogP contribution is 2.25. The Morgan fingerprint density at radius 2 is 2.07 bits per heavy atom. The number of carbonyl (C=O) groups is 1. The van der Waals surface area contributed by atoms with Crippen LogP contribution in [0.1, 0.15) is 22.8 Å². The van der Waals surface area contributed by atoms with Gasteiger partial charge in [-0.15, -0.1) is 0 Å². The van der Waals surface area contributed by atoms with Crippen LogP contribution in [0.25, 0.3) is 0 Å². The first-order valence-corrected chi connectivity index (χ1v) is 4.27. The summed E-state index contributed by atoms with van der Waals surface area (Å²) in [5.41, 5.74) is 6.65. The molecule has 0 fully saturated rings. The van der Waals surface area contributed by atoms with E-state index in [4.69, 9.17) is 5.73 Å². The first-order valence-electron chi connectivity index (χ1n) is 4.27. The second-order valence-electron chi connectivity index (χ2n) is 3.14. The lowest BCUT2D eigenvalue weighted by atomic mass is 10.0. The molecule has 2 N–H and O–H groups in total. The quantitative estimate of drug-likeness (QED) is 0.622. The first-order chi connectivity index (χ1) is 6.91. The summed E-state index contributed by atoms with van der Waals surface area (Å²) in [4.78, 5) is 11.1. The Labute approximate surface area is 85.8 Å². The molecule has 1 aromatic rings. The monoisotopic (exact) mass is 215 g/mol. The molecular weight excluding hydrogens is 204 g/mol. The zero-order chi connectivity index (χ0) is 11.6.